The van der Waals surface area contributed by atoms with Gasteiger partial charge in [0, 0.05) is 6.54 Å². The number of halogens is 1. The molecule has 4 heteroatoms. The van der Waals surface area contributed by atoms with Gasteiger partial charge < -0.3 is 4.74 Å². The van der Waals surface area contributed by atoms with E-state index in [9.17, 15) is 4.79 Å². The van der Waals surface area contributed by atoms with Gasteiger partial charge in [0.25, 0.3) is 0 Å². The quantitative estimate of drug-likeness (QED) is 0.616. The van der Waals surface area contributed by atoms with Crippen molar-refractivity contribution < 1.29 is 9.53 Å². The van der Waals surface area contributed by atoms with Crippen molar-refractivity contribution >= 4 is 17.7 Å². The van der Waals surface area contributed by atoms with Crippen molar-refractivity contribution in [2.24, 2.45) is 0 Å². The van der Waals surface area contributed by atoms with Crippen molar-refractivity contribution in [2.45, 2.75) is 18.9 Å². The second-order valence-corrected chi connectivity index (χ2v) is 4.43. The first kappa shape index (κ1) is 13.0. The van der Waals surface area contributed by atoms with Gasteiger partial charge in [0.05, 0.1) is 6.04 Å². The Balaban J connectivity index is 2.22. The molecular weight excluding hydrogens is 250 g/mol. The number of aryl methyl sites for hydroxylation is 1. The molecule has 0 heterocycles. The summed E-state index contributed by atoms with van der Waals surface area (Å²) in [5.74, 6) is 0. The minimum Gasteiger partial charge on any atom is -0.433 e. The maximum atomic E-state index is 11.9. The Hall–Kier alpha value is -1.48. The molecule has 0 saturated heterocycles. The molecule has 1 aromatic rings. The second-order valence-electron chi connectivity index (χ2n) is 4.21. The van der Waals surface area contributed by atoms with Crippen molar-refractivity contribution in [3.63, 3.8) is 0 Å². The summed E-state index contributed by atoms with van der Waals surface area (Å²) in [4.78, 5) is 13.6. The van der Waals surface area contributed by atoms with Gasteiger partial charge in [0.1, 0.15) is 0 Å². The zero-order valence-electron chi connectivity index (χ0n) is 10.1. The number of carbonyl (C=O) groups excluding carboxylic acids is 1. The van der Waals surface area contributed by atoms with Gasteiger partial charge in [0.2, 0.25) is 0 Å². The standard InChI is InChI=1S/C14H16ClNO2/c1-2-9-16(14(17)18-10-15)13-8-7-11-5-3-4-6-12(11)13/h2-6,13H,1,7-10H2/t13-/m1/s1. The lowest BCUT2D eigenvalue weighted by Gasteiger charge is -2.27. The molecule has 1 aliphatic rings. The summed E-state index contributed by atoms with van der Waals surface area (Å²) < 4.78 is 4.89. The van der Waals surface area contributed by atoms with E-state index in [1.165, 1.54) is 11.1 Å². The van der Waals surface area contributed by atoms with Gasteiger partial charge in [-0.2, -0.15) is 0 Å². The molecule has 1 aromatic carbocycles. The van der Waals surface area contributed by atoms with Crippen molar-refractivity contribution in [1.29, 1.82) is 0 Å². The number of alkyl halides is 1. The first-order chi connectivity index (χ1) is 8.77. The van der Waals surface area contributed by atoms with E-state index in [0.717, 1.165) is 12.8 Å². The fraction of sp³-hybridized carbons (Fsp3) is 0.357. The average molecular weight is 266 g/mol. The van der Waals surface area contributed by atoms with Crippen LogP contribution in [0.15, 0.2) is 36.9 Å². The lowest BCUT2D eigenvalue weighted by Crippen LogP contribution is -2.34. The number of benzene rings is 1. The van der Waals surface area contributed by atoms with Crippen LogP contribution >= 0.6 is 11.6 Å². The number of fused-ring (bicyclic) bond motifs is 1. The third kappa shape index (κ3) is 2.51. The summed E-state index contributed by atoms with van der Waals surface area (Å²) in [7, 11) is 0. The molecule has 2 rings (SSSR count). The molecule has 3 nitrogen and oxygen atoms in total. The van der Waals surface area contributed by atoms with Crippen LogP contribution in [0.3, 0.4) is 0 Å². The zero-order valence-corrected chi connectivity index (χ0v) is 10.9. The van der Waals surface area contributed by atoms with E-state index in [1.807, 2.05) is 12.1 Å². The fourth-order valence-corrected chi connectivity index (χ4v) is 2.55. The van der Waals surface area contributed by atoms with Crippen LogP contribution in [-0.2, 0) is 11.2 Å². The van der Waals surface area contributed by atoms with E-state index >= 15 is 0 Å². The normalized spacial score (nSPS) is 17.1. The van der Waals surface area contributed by atoms with Gasteiger partial charge in [-0.25, -0.2) is 4.79 Å². The number of nitrogens with zero attached hydrogens (tertiary/aromatic N) is 1. The molecule has 0 unspecified atom stereocenters. The van der Waals surface area contributed by atoms with Gasteiger partial charge >= 0.3 is 6.09 Å². The molecular formula is C14H16ClNO2. The van der Waals surface area contributed by atoms with E-state index in [-0.39, 0.29) is 18.2 Å². The summed E-state index contributed by atoms with van der Waals surface area (Å²) in [5, 5.41) is 0. The Morgan fingerprint density at radius 3 is 3.06 bits per heavy atom. The molecule has 0 aromatic heterocycles. The van der Waals surface area contributed by atoms with Crippen LogP contribution in [0, 0.1) is 0 Å². The summed E-state index contributed by atoms with van der Waals surface area (Å²) in [5.41, 5.74) is 2.50. The number of hydrogen-bond acceptors (Lipinski definition) is 2. The largest absolute Gasteiger partial charge is 0.433 e. The second kappa shape index (κ2) is 5.91. The Morgan fingerprint density at radius 1 is 1.56 bits per heavy atom. The molecule has 1 amide bonds. The topological polar surface area (TPSA) is 29.5 Å². The minimum atomic E-state index is -0.383. The highest BCUT2D eigenvalue weighted by Crippen LogP contribution is 2.35. The Kier molecular flexibility index (Phi) is 4.26. The molecule has 0 saturated carbocycles. The molecule has 0 bridgehead atoms. The van der Waals surface area contributed by atoms with Gasteiger partial charge in [-0.1, -0.05) is 41.9 Å². The summed E-state index contributed by atoms with van der Waals surface area (Å²) in [6.45, 7) is 4.15. The van der Waals surface area contributed by atoms with Crippen molar-refractivity contribution in [3.05, 3.63) is 48.0 Å². The Morgan fingerprint density at radius 2 is 2.33 bits per heavy atom. The van der Waals surface area contributed by atoms with Gasteiger partial charge in [0.15, 0.2) is 6.07 Å². The SMILES string of the molecule is C=CCN(C(=O)OCCl)[C@@H]1CCc2ccccc21. The molecule has 0 fully saturated rings. The van der Waals surface area contributed by atoms with E-state index < -0.39 is 0 Å². The summed E-state index contributed by atoms with van der Waals surface area (Å²) in [6.07, 6.45) is 3.23. The van der Waals surface area contributed by atoms with Crippen LogP contribution in [0.25, 0.3) is 0 Å². The first-order valence-corrected chi connectivity index (χ1v) is 6.49. The van der Waals surface area contributed by atoms with Crippen molar-refractivity contribution in [1.82, 2.24) is 4.90 Å². The van der Waals surface area contributed by atoms with Crippen LogP contribution in [-0.4, -0.2) is 23.6 Å². The predicted molar refractivity (Wildman–Crippen MR) is 71.6 cm³/mol. The highest BCUT2D eigenvalue weighted by molar-refractivity contribution is 6.17. The molecule has 1 atom stereocenters. The smallest absolute Gasteiger partial charge is 0.411 e. The van der Waals surface area contributed by atoms with Crippen LogP contribution in [0.5, 0.6) is 0 Å². The van der Waals surface area contributed by atoms with Gasteiger partial charge in [-0.3, -0.25) is 4.90 Å². The summed E-state index contributed by atoms with van der Waals surface area (Å²) in [6, 6.07) is 8.13. The van der Waals surface area contributed by atoms with Crippen molar-refractivity contribution in [2.75, 3.05) is 12.6 Å². The van der Waals surface area contributed by atoms with Crippen molar-refractivity contribution in [3.8, 4) is 0 Å². The highest BCUT2D eigenvalue weighted by Gasteiger charge is 2.30. The van der Waals surface area contributed by atoms with Gasteiger partial charge in [-0.05, 0) is 24.0 Å². The monoisotopic (exact) mass is 265 g/mol. The molecule has 1 aliphatic carbocycles. The maximum absolute atomic E-state index is 11.9. The van der Waals surface area contributed by atoms with Crippen LogP contribution in [0.1, 0.15) is 23.6 Å². The summed E-state index contributed by atoms with van der Waals surface area (Å²) >= 11 is 5.45. The Bertz CT molecular complexity index is 447. The highest BCUT2D eigenvalue weighted by atomic mass is 35.5. The number of carbonyl (C=O) groups is 1. The maximum Gasteiger partial charge on any atom is 0.411 e. The Labute approximate surface area is 112 Å². The van der Waals surface area contributed by atoms with Crippen LogP contribution < -0.4 is 0 Å². The number of hydrogen-bond donors (Lipinski definition) is 0. The lowest BCUT2D eigenvalue weighted by molar-refractivity contribution is 0.105. The molecule has 18 heavy (non-hydrogen) atoms. The van der Waals surface area contributed by atoms with E-state index in [4.69, 9.17) is 16.3 Å². The third-order valence-electron chi connectivity index (χ3n) is 3.22. The van der Waals surface area contributed by atoms with E-state index in [2.05, 4.69) is 18.7 Å². The predicted octanol–water partition coefficient (Wildman–Crippen LogP) is 3.49. The first-order valence-electron chi connectivity index (χ1n) is 5.96. The molecule has 0 radical (unpaired) electrons. The molecule has 0 aliphatic heterocycles. The molecule has 0 spiro atoms. The van der Waals surface area contributed by atoms with Crippen LogP contribution in [0.4, 0.5) is 4.79 Å². The van der Waals surface area contributed by atoms with Crippen LogP contribution in [0.2, 0.25) is 0 Å². The average Bonchev–Trinajstić information content (AvgIpc) is 2.80. The minimum absolute atomic E-state index is 0.0647. The molecule has 0 N–H and O–H groups in total. The number of ether oxygens (including phenoxy) is 1. The van der Waals surface area contributed by atoms with Gasteiger partial charge in [-0.15, -0.1) is 6.58 Å². The van der Waals surface area contributed by atoms with E-state index in [0.29, 0.717) is 6.54 Å². The fourth-order valence-electron chi connectivity index (χ4n) is 2.46. The number of amides is 1. The lowest BCUT2D eigenvalue weighted by atomic mass is 10.1. The third-order valence-corrected chi connectivity index (χ3v) is 3.32. The zero-order chi connectivity index (χ0) is 13.0. The number of rotatable bonds is 4. The molecule has 96 valence electrons. The van der Waals surface area contributed by atoms with E-state index in [1.54, 1.807) is 11.0 Å².